The number of nitrogen functional groups attached to an aromatic ring is 1. The van der Waals surface area contributed by atoms with E-state index in [4.69, 9.17) is 15.6 Å². The number of hydrogen-bond donors (Lipinski definition) is 3. The molecule has 0 fully saturated rings. The quantitative estimate of drug-likeness (QED) is 0.793. The van der Waals surface area contributed by atoms with Crippen LogP contribution in [0.4, 0.5) is 21.6 Å². The molecule has 20 heavy (non-hydrogen) atoms. The van der Waals surface area contributed by atoms with Crippen molar-refractivity contribution in [2.45, 2.75) is 0 Å². The summed E-state index contributed by atoms with van der Waals surface area (Å²) < 4.78 is 18.4. The minimum absolute atomic E-state index is 0.0799. The highest BCUT2D eigenvalue weighted by molar-refractivity contribution is 5.94. The minimum Gasteiger partial charge on any atom is -0.494 e. The average molecular weight is 277 g/mol. The van der Waals surface area contributed by atoms with E-state index >= 15 is 0 Å². The summed E-state index contributed by atoms with van der Waals surface area (Å²) in [6, 6.07) is 5.43. The molecule has 1 aromatic heterocycles. The number of pyridine rings is 1. The fourth-order valence-corrected chi connectivity index (χ4v) is 1.62. The largest absolute Gasteiger partial charge is 0.494 e. The van der Waals surface area contributed by atoms with E-state index < -0.39 is 11.8 Å². The highest BCUT2D eigenvalue weighted by Gasteiger charge is 2.13. The number of halogens is 1. The molecule has 0 bridgehead atoms. The van der Waals surface area contributed by atoms with Gasteiger partial charge in [-0.2, -0.15) is 0 Å². The first kappa shape index (κ1) is 13.6. The molecule has 2 rings (SSSR count). The Balaban J connectivity index is 2.35. The first-order chi connectivity index (χ1) is 9.51. The number of carboxylic acid groups (broad SMARTS) is 1. The number of hydrogen-bond acceptors (Lipinski definition) is 5. The molecule has 6 nitrogen and oxygen atoms in total. The topological polar surface area (TPSA) is 97.5 Å². The molecule has 0 atom stereocenters. The van der Waals surface area contributed by atoms with Crippen LogP contribution in [0.3, 0.4) is 0 Å². The van der Waals surface area contributed by atoms with Crippen LogP contribution in [0.2, 0.25) is 0 Å². The fourth-order valence-electron chi connectivity index (χ4n) is 1.62. The lowest BCUT2D eigenvalue weighted by atomic mass is 10.2. The number of rotatable bonds is 4. The number of aromatic nitrogens is 1. The lowest BCUT2D eigenvalue weighted by Gasteiger charge is -2.10. The van der Waals surface area contributed by atoms with Gasteiger partial charge in [0.05, 0.1) is 19.0 Å². The molecule has 4 N–H and O–H groups in total. The van der Waals surface area contributed by atoms with E-state index in [1.54, 1.807) is 6.07 Å². The molecule has 0 unspecified atom stereocenters. The van der Waals surface area contributed by atoms with Gasteiger partial charge in [-0.1, -0.05) is 0 Å². The normalized spacial score (nSPS) is 10.1. The second-order valence-corrected chi connectivity index (χ2v) is 3.94. The summed E-state index contributed by atoms with van der Waals surface area (Å²) in [6.45, 7) is 0. The van der Waals surface area contributed by atoms with Crippen molar-refractivity contribution in [1.82, 2.24) is 4.98 Å². The van der Waals surface area contributed by atoms with E-state index in [1.807, 2.05) is 0 Å². The number of anilines is 3. The molecule has 0 saturated heterocycles. The zero-order valence-corrected chi connectivity index (χ0v) is 10.6. The van der Waals surface area contributed by atoms with Gasteiger partial charge in [0.2, 0.25) is 0 Å². The number of carboxylic acids is 1. The molecule has 0 aliphatic rings. The zero-order valence-electron chi connectivity index (χ0n) is 10.6. The van der Waals surface area contributed by atoms with Crippen LogP contribution >= 0.6 is 0 Å². The Morgan fingerprint density at radius 2 is 2.20 bits per heavy atom. The van der Waals surface area contributed by atoms with Crippen molar-refractivity contribution < 1.29 is 19.0 Å². The monoisotopic (exact) mass is 277 g/mol. The molecule has 0 radical (unpaired) electrons. The van der Waals surface area contributed by atoms with Crippen molar-refractivity contribution >= 4 is 23.2 Å². The maximum atomic E-state index is 13.6. The summed E-state index contributed by atoms with van der Waals surface area (Å²) in [4.78, 5) is 15.0. The maximum Gasteiger partial charge on any atom is 0.339 e. The van der Waals surface area contributed by atoms with Crippen molar-refractivity contribution in [1.29, 1.82) is 0 Å². The molecule has 2 aromatic rings. The number of nitrogens with one attached hydrogen (secondary N) is 1. The highest BCUT2D eigenvalue weighted by Crippen LogP contribution is 2.25. The van der Waals surface area contributed by atoms with Gasteiger partial charge >= 0.3 is 5.97 Å². The van der Waals surface area contributed by atoms with Crippen LogP contribution in [0.25, 0.3) is 0 Å². The highest BCUT2D eigenvalue weighted by atomic mass is 19.1. The second-order valence-electron chi connectivity index (χ2n) is 3.94. The van der Waals surface area contributed by atoms with Gasteiger partial charge in [-0.05, 0) is 18.2 Å². The second kappa shape index (κ2) is 5.43. The predicted octanol–water partition coefficient (Wildman–Crippen LogP) is 2.25. The molecule has 0 spiro atoms. The molecule has 0 amide bonds. The Labute approximate surface area is 114 Å². The van der Waals surface area contributed by atoms with Crippen molar-refractivity contribution in [3.8, 4) is 5.75 Å². The Bertz CT molecular complexity index is 661. The molecule has 1 aromatic carbocycles. The molecule has 0 aliphatic carbocycles. The molecular weight excluding hydrogens is 265 g/mol. The van der Waals surface area contributed by atoms with Gasteiger partial charge in [0, 0.05) is 11.8 Å². The van der Waals surface area contributed by atoms with Crippen LogP contribution in [0.5, 0.6) is 5.75 Å². The number of ether oxygens (including phenoxy) is 1. The van der Waals surface area contributed by atoms with Crippen LogP contribution in [0.1, 0.15) is 10.4 Å². The van der Waals surface area contributed by atoms with Gasteiger partial charge in [-0.25, -0.2) is 14.2 Å². The summed E-state index contributed by atoms with van der Waals surface area (Å²) >= 11 is 0. The van der Waals surface area contributed by atoms with Gasteiger partial charge in [0.25, 0.3) is 0 Å². The van der Waals surface area contributed by atoms with E-state index in [1.165, 1.54) is 31.5 Å². The molecule has 1 heterocycles. The third kappa shape index (κ3) is 2.77. The Kier molecular flexibility index (Phi) is 3.69. The third-order valence-corrected chi connectivity index (χ3v) is 2.55. The van der Waals surface area contributed by atoms with Gasteiger partial charge in [-0.15, -0.1) is 0 Å². The molecule has 7 heteroatoms. The van der Waals surface area contributed by atoms with E-state index in [0.29, 0.717) is 5.69 Å². The van der Waals surface area contributed by atoms with Crippen molar-refractivity contribution in [2.24, 2.45) is 0 Å². The number of nitrogens with two attached hydrogens (primary N) is 1. The summed E-state index contributed by atoms with van der Waals surface area (Å²) in [5, 5.41) is 11.8. The molecular formula is C13H12FN3O3. The number of methoxy groups -OCH3 is 1. The van der Waals surface area contributed by atoms with E-state index in [9.17, 15) is 9.18 Å². The lowest BCUT2D eigenvalue weighted by molar-refractivity contribution is 0.0697. The van der Waals surface area contributed by atoms with E-state index in [0.717, 1.165) is 0 Å². The van der Waals surface area contributed by atoms with Crippen LogP contribution in [-0.2, 0) is 0 Å². The van der Waals surface area contributed by atoms with Crippen molar-refractivity contribution in [3.63, 3.8) is 0 Å². The summed E-state index contributed by atoms with van der Waals surface area (Å²) in [5.74, 6) is -1.57. The molecule has 104 valence electrons. The number of benzene rings is 1. The Hall–Kier alpha value is -2.83. The first-order valence-corrected chi connectivity index (χ1v) is 5.60. The van der Waals surface area contributed by atoms with Gasteiger partial charge in [0.1, 0.15) is 11.4 Å². The predicted molar refractivity (Wildman–Crippen MR) is 71.8 cm³/mol. The summed E-state index contributed by atoms with van der Waals surface area (Å²) in [5.41, 5.74) is 5.97. The van der Waals surface area contributed by atoms with Crippen molar-refractivity contribution in [3.05, 3.63) is 41.8 Å². The smallest absolute Gasteiger partial charge is 0.339 e. The maximum absolute atomic E-state index is 13.6. The van der Waals surface area contributed by atoms with Crippen LogP contribution < -0.4 is 15.8 Å². The number of carbonyl (C=O) groups is 1. The van der Waals surface area contributed by atoms with Crippen LogP contribution in [0, 0.1) is 5.82 Å². The van der Waals surface area contributed by atoms with Crippen molar-refractivity contribution in [2.75, 3.05) is 18.2 Å². The zero-order chi connectivity index (χ0) is 14.7. The van der Waals surface area contributed by atoms with Gasteiger partial charge in [0.15, 0.2) is 11.6 Å². The Morgan fingerprint density at radius 3 is 2.80 bits per heavy atom. The van der Waals surface area contributed by atoms with Crippen LogP contribution in [-0.4, -0.2) is 23.2 Å². The summed E-state index contributed by atoms with van der Waals surface area (Å²) in [6.07, 6.45) is 1.31. The first-order valence-electron chi connectivity index (χ1n) is 5.60. The number of aromatic carboxylic acids is 1. The standard InChI is InChI=1S/C13H12FN3O3/c1-20-11-3-2-8(5-10(11)14)17-12-9(13(18)19)4-7(15)6-16-12/h2-6H,15H2,1H3,(H,16,17)(H,18,19). The molecule has 0 aliphatic heterocycles. The minimum atomic E-state index is -1.18. The lowest BCUT2D eigenvalue weighted by Crippen LogP contribution is -2.06. The fraction of sp³-hybridized carbons (Fsp3) is 0.0769. The summed E-state index contributed by atoms with van der Waals surface area (Å²) in [7, 11) is 1.36. The van der Waals surface area contributed by atoms with E-state index in [2.05, 4.69) is 10.3 Å². The number of nitrogens with zero attached hydrogens (tertiary/aromatic N) is 1. The van der Waals surface area contributed by atoms with Gasteiger partial charge < -0.3 is 20.9 Å². The molecule has 0 saturated carbocycles. The van der Waals surface area contributed by atoms with E-state index in [-0.39, 0.29) is 22.8 Å². The third-order valence-electron chi connectivity index (χ3n) is 2.55. The van der Waals surface area contributed by atoms with Crippen LogP contribution in [0.15, 0.2) is 30.5 Å². The SMILES string of the molecule is COc1ccc(Nc2ncc(N)cc2C(=O)O)cc1F. The van der Waals surface area contributed by atoms with Gasteiger partial charge in [-0.3, -0.25) is 0 Å². The average Bonchev–Trinajstić information content (AvgIpc) is 2.41. The Morgan fingerprint density at radius 1 is 1.45 bits per heavy atom.